The Morgan fingerprint density at radius 3 is 2.41 bits per heavy atom. The molecule has 4 rings (SSSR count). The predicted molar refractivity (Wildman–Crippen MR) is 111 cm³/mol. The van der Waals surface area contributed by atoms with E-state index in [-0.39, 0.29) is 5.82 Å². The largest absolute Gasteiger partial charge is 0.493 e. The molecule has 0 saturated carbocycles. The molecule has 2 aromatic carbocycles. The maximum atomic E-state index is 13.3. The smallest absolute Gasteiger partial charge is 0.165 e. The Bertz CT molecular complexity index is 825. The second-order valence-electron chi connectivity index (χ2n) is 8.30. The molecular formula is C24H30FNO3. The van der Waals surface area contributed by atoms with E-state index in [2.05, 4.69) is 17.9 Å². The first-order valence-corrected chi connectivity index (χ1v) is 10.6. The maximum Gasteiger partial charge on any atom is 0.165 e. The van der Waals surface area contributed by atoms with Gasteiger partial charge in [-0.15, -0.1) is 0 Å². The van der Waals surface area contributed by atoms with Crippen molar-refractivity contribution in [1.29, 1.82) is 0 Å². The van der Waals surface area contributed by atoms with Gasteiger partial charge < -0.3 is 14.6 Å². The summed E-state index contributed by atoms with van der Waals surface area (Å²) in [5.74, 6) is 1.33. The lowest BCUT2D eigenvalue weighted by molar-refractivity contribution is -0.0597. The number of piperidine rings is 1. The van der Waals surface area contributed by atoms with E-state index < -0.39 is 5.60 Å². The third kappa shape index (κ3) is 3.99. The maximum absolute atomic E-state index is 13.3. The number of hydrogen-bond acceptors (Lipinski definition) is 4. The molecular weight excluding hydrogens is 369 g/mol. The van der Waals surface area contributed by atoms with Crippen molar-refractivity contribution in [3.8, 4) is 11.5 Å². The number of benzene rings is 2. The molecule has 0 spiro atoms. The van der Waals surface area contributed by atoms with Gasteiger partial charge in [0.15, 0.2) is 11.5 Å². The Morgan fingerprint density at radius 1 is 1.10 bits per heavy atom. The second kappa shape index (κ2) is 8.33. The van der Waals surface area contributed by atoms with Crippen LogP contribution in [0.1, 0.15) is 50.2 Å². The summed E-state index contributed by atoms with van der Waals surface area (Å²) in [6.45, 7) is 3.53. The summed E-state index contributed by atoms with van der Waals surface area (Å²) in [4.78, 5) is 2.51. The van der Waals surface area contributed by atoms with Gasteiger partial charge in [0.05, 0.1) is 19.3 Å². The molecule has 2 saturated heterocycles. The van der Waals surface area contributed by atoms with E-state index in [1.807, 2.05) is 12.1 Å². The number of aliphatic hydroxyl groups is 1. The van der Waals surface area contributed by atoms with E-state index in [0.29, 0.717) is 31.5 Å². The predicted octanol–water partition coefficient (Wildman–Crippen LogP) is 4.64. The Balaban J connectivity index is 1.55. The normalized spacial score (nSPS) is 26.5. The summed E-state index contributed by atoms with van der Waals surface area (Å²) < 4.78 is 24.9. The fourth-order valence-corrected chi connectivity index (χ4v) is 4.98. The van der Waals surface area contributed by atoms with Gasteiger partial charge in [0.2, 0.25) is 0 Å². The molecule has 5 heteroatoms. The van der Waals surface area contributed by atoms with Crippen LogP contribution in [0.15, 0.2) is 42.5 Å². The lowest BCUT2D eigenvalue weighted by Crippen LogP contribution is -2.49. The highest BCUT2D eigenvalue weighted by Crippen LogP contribution is 2.47. The molecule has 1 unspecified atom stereocenters. The molecule has 2 bridgehead atoms. The summed E-state index contributed by atoms with van der Waals surface area (Å²) >= 11 is 0. The summed E-state index contributed by atoms with van der Waals surface area (Å²) in [6.07, 6.45) is 4.43. The fourth-order valence-electron chi connectivity index (χ4n) is 4.98. The van der Waals surface area contributed by atoms with E-state index in [4.69, 9.17) is 9.47 Å². The minimum Gasteiger partial charge on any atom is -0.493 e. The van der Waals surface area contributed by atoms with Crippen molar-refractivity contribution >= 4 is 0 Å². The first-order chi connectivity index (χ1) is 14.0. The number of fused-ring (bicyclic) bond motifs is 2. The van der Waals surface area contributed by atoms with Crippen LogP contribution in [0.3, 0.4) is 0 Å². The molecule has 2 aromatic rings. The van der Waals surface area contributed by atoms with Gasteiger partial charge in [-0.05, 0) is 55.9 Å². The van der Waals surface area contributed by atoms with Crippen LogP contribution in [0.25, 0.3) is 0 Å². The number of nitrogens with zero attached hydrogens (tertiary/aromatic N) is 1. The number of hydrogen-bond donors (Lipinski definition) is 1. The minimum absolute atomic E-state index is 0.268. The van der Waals surface area contributed by atoms with Crippen molar-refractivity contribution in [2.45, 2.75) is 63.3 Å². The van der Waals surface area contributed by atoms with Gasteiger partial charge >= 0.3 is 0 Å². The van der Waals surface area contributed by atoms with Crippen LogP contribution in [-0.4, -0.2) is 35.8 Å². The minimum atomic E-state index is -0.883. The van der Waals surface area contributed by atoms with Gasteiger partial charge in [0.25, 0.3) is 0 Å². The lowest BCUT2D eigenvalue weighted by Gasteiger charge is -2.44. The van der Waals surface area contributed by atoms with Crippen molar-refractivity contribution < 1.29 is 19.0 Å². The molecule has 2 aliphatic heterocycles. The number of methoxy groups -OCH3 is 1. The topological polar surface area (TPSA) is 41.9 Å². The molecule has 2 heterocycles. The van der Waals surface area contributed by atoms with Gasteiger partial charge in [-0.1, -0.05) is 31.2 Å². The van der Waals surface area contributed by atoms with Gasteiger partial charge in [-0.25, -0.2) is 4.39 Å². The quantitative estimate of drug-likeness (QED) is 0.737. The molecule has 29 heavy (non-hydrogen) atoms. The van der Waals surface area contributed by atoms with Crippen molar-refractivity contribution in [2.75, 3.05) is 13.7 Å². The van der Waals surface area contributed by atoms with E-state index in [1.165, 1.54) is 12.1 Å². The third-order valence-electron chi connectivity index (χ3n) is 6.38. The van der Waals surface area contributed by atoms with Crippen LogP contribution < -0.4 is 9.47 Å². The summed E-state index contributed by atoms with van der Waals surface area (Å²) in [5.41, 5.74) is 1.07. The first kappa shape index (κ1) is 20.2. The summed E-state index contributed by atoms with van der Waals surface area (Å²) in [5, 5.41) is 11.4. The van der Waals surface area contributed by atoms with Crippen LogP contribution in [0.2, 0.25) is 0 Å². The summed E-state index contributed by atoms with van der Waals surface area (Å²) in [7, 11) is 1.67. The SMILES string of the molecule is CCCOc1c(CN2[C@@H]3CC[C@H]2CC(O)(c2ccc(F)cc2)C3)cccc1OC. The van der Waals surface area contributed by atoms with Gasteiger partial charge in [-0.3, -0.25) is 4.90 Å². The van der Waals surface area contributed by atoms with Crippen LogP contribution >= 0.6 is 0 Å². The summed E-state index contributed by atoms with van der Waals surface area (Å²) in [6, 6.07) is 13.0. The van der Waals surface area contributed by atoms with Crippen molar-refractivity contribution in [3.63, 3.8) is 0 Å². The zero-order valence-electron chi connectivity index (χ0n) is 17.2. The van der Waals surface area contributed by atoms with E-state index in [1.54, 1.807) is 19.2 Å². The van der Waals surface area contributed by atoms with Crippen LogP contribution in [0.4, 0.5) is 4.39 Å². The van der Waals surface area contributed by atoms with Crippen molar-refractivity contribution in [3.05, 3.63) is 59.4 Å². The molecule has 156 valence electrons. The van der Waals surface area contributed by atoms with Gasteiger partial charge in [0.1, 0.15) is 5.82 Å². The molecule has 4 nitrogen and oxygen atoms in total. The van der Waals surface area contributed by atoms with Crippen LogP contribution in [0, 0.1) is 5.82 Å². The van der Waals surface area contributed by atoms with Crippen molar-refractivity contribution in [2.24, 2.45) is 0 Å². The van der Waals surface area contributed by atoms with Crippen molar-refractivity contribution in [1.82, 2.24) is 4.90 Å². The molecule has 3 atom stereocenters. The Hall–Kier alpha value is -2.11. The molecule has 0 amide bonds. The molecule has 2 aliphatic rings. The Kier molecular flexibility index (Phi) is 5.79. The molecule has 0 radical (unpaired) electrons. The average Bonchev–Trinajstić information content (AvgIpc) is 2.96. The second-order valence-corrected chi connectivity index (χ2v) is 8.30. The van der Waals surface area contributed by atoms with Crippen LogP contribution in [0.5, 0.6) is 11.5 Å². The highest BCUT2D eigenvalue weighted by molar-refractivity contribution is 5.46. The zero-order valence-corrected chi connectivity index (χ0v) is 17.2. The number of ether oxygens (including phenoxy) is 2. The molecule has 2 fully saturated rings. The molecule has 0 aliphatic carbocycles. The Labute approximate surface area is 172 Å². The van der Waals surface area contributed by atoms with Gasteiger partial charge in [0, 0.05) is 24.2 Å². The highest BCUT2D eigenvalue weighted by Gasteiger charge is 2.48. The average molecular weight is 400 g/mol. The number of para-hydroxylation sites is 1. The lowest BCUT2D eigenvalue weighted by atomic mass is 9.80. The van der Waals surface area contributed by atoms with E-state index >= 15 is 0 Å². The zero-order chi connectivity index (χ0) is 20.4. The molecule has 0 aromatic heterocycles. The fraction of sp³-hybridized carbons (Fsp3) is 0.500. The van der Waals surface area contributed by atoms with Crippen LogP contribution in [-0.2, 0) is 12.1 Å². The van der Waals surface area contributed by atoms with E-state index in [9.17, 15) is 9.50 Å². The third-order valence-corrected chi connectivity index (χ3v) is 6.38. The highest BCUT2D eigenvalue weighted by atomic mass is 19.1. The molecule has 1 N–H and O–H groups in total. The standard InChI is InChI=1S/C24H30FNO3/c1-3-13-29-23-17(5-4-6-22(23)28-2)16-26-20-11-12-21(26)15-24(27,14-20)18-7-9-19(25)10-8-18/h4-10,20-21,27H,3,11-16H2,1-2H3/t20-,21+,24?. The first-order valence-electron chi connectivity index (χ1n) is 10.6. The number of rotatable bonds is 7. The number of halogens is 1. The van der Waals surface area contributed by atoms with Gasteiger partial charge in [-0.2, -0.15) is 0 Å². The monoisotopic (exact) mass is 399 g/mol. The van der Waals surface area contributed by atoms with E-state index in [0.717, 1.165) is 48.4 Å². The Morgan fingerprint density at radius 2 is 1.79 bits per heavy atom.